The van der Waals surface area contributed by atoms with E-state index >= 15 is 0 Å². The second kappa shape index (κ2) is 5.72. The van der Waals surface area contributed by atoms with Crippen LogP contribution in [0.4, 0.5) is 0 Å². The molecule has 5 nitrogen and oxygen atoms in total. The van der Waals surface area contributed by atoms with E-state index in [4.69, 9.17) is 4.74 Å². The van der Waals surface area contributed by atoms with Gasteiger partial charge in [-0.3, -0.25) is 9.59 Å². The first kappa shape index (κ1) is 13.9. The topological polar surface area (TPSA) is 58.6 Å². The second-order valence-corrected chi connectivity index (χ2v) is 6.27. The van der Waals surface area contributed by atoms with E-state index < -0.39 is 5.54 Å². The minimum atomic E-state index is -0.589. The number of carbonyl (C=O) groups excluding carboxylic acids is 2. The molecule has 0 aromatic rings. The molecule has 1 atom stereocenters. The lowest BCUT2D eigenvalue weighted by molar-refractivity contribution is -0.159. The number of carbonyl (C=O) groups is 2. The smallest absolute Gasteiger partial charge is 0.246 e. The van der Waals surface area contributed by atoms with Gasteiger partial charge in [0, 0.05) is 13.2 Å². The van der Waals surface area contributed by atoms with Gasteiger partial charge in [-0.2, -0.15) is 0 Å². The largest absolute Gasteiger partial charge is 0.376 e. The van der Waals surface area contributed by atoms with E-state index in [0.717, 1.165) is 58.0 Å². The van der Waals surface area contributed by atoms with E-state index in [-0.39, 0.29) is 24.5 Å². The molecule has 3 fully saturated rings. The van der Waals surface area contributed by atoms with Gasteiger partial charge < -0.3 is 15.0 Å². The Kier molecular flexibility index (Phi) is 3.96. The molecular formula is C15H24N2O3. The number of nitrogens with zero attached hydrogens (tertiary/aromatic N) is 1. The van der Waals surface area contributed by atoms with Crippen LogP contribution in [0.15, 0.2) is 0 Å². The number of hydrogen-bond acceptors (Lipinski definition) is 3. The Morgan fingerprint density at radius 3 is 2.65 bits per heavy atom. The van der Waals surface area contributed by atoms with Crippen LogP contribution in [0.1, 0.15) is 51.4 Å². The molecule has 0 aromatic carbocycles. The Balaban J connectivity index is 1.78. The fourth-order valence-corrected chi connectivity index (χ4v) is 3.84. The van der Waals surface area contributed by atoms with E-state index in [0.29, 0.717) is 6.54 Å². The molecule has 1 saturated carbocycles. The molecule has 1 aliphatic carbocycles. The average Bonchev–Trinajstić information content (AvgIpc) is 2.50. The highest BCUT2D eigenvalue weighted by molar-refractivity contribution is 5.98. The first-order chi connectivity index (χ1) is 9.72. The molecule has 1 N–H and O–H groups in total. The van der Waals surface area contributed by atoms with Gasteiger partial charge in [-0.25, -0.2) is 0 Å². The maximum Gasteiger partial charge on any atom is 0.246 e. The molecule has 1 spiro atoms. The Morgan fingerprint density at radius 2 is 1.95 bits per heavy atom. The number of nitrogens with one attached hydrogen (secondary N) is 1. The molecule has 2 amide bonds. The molecule has 0 radical (unpaired) electrons. The third-order valence-electron chi connectivity index (χ3n) is 4.98. The van der Waals surface area contributed by atoms with Crippen molar-refractivity contribution in [3.63, 3.8) is 0 Å². The molecule has 2 aliphatic heterocycles. The molecule has 1 unspecified atom stereocenters. The van der Waals surface area contributed by atoms with E-state index in [1.54, 1.807) is 0 Å². The van der Waals surface area contributed by atoms with Crippen molar-refractivity contribution < 1.29 is 14.3 Å². The average molecular weight is 280 g/mol. The van der Waals surface area contributed by atoms with Gasteiger partial charge in [0.25, 0.3) is 0 Å². The lowest BCUT2D eigenvalue weighted by Gasteiger charge is -2.49. The van der Waals surface area contributed by atoms with Crippen LogP contribution < -0.4 is 5.32 Å². The van der Waals surface area contributed by atoms with Gasteiger partial charge in [0.15, 0.2) is 0 Å². The van der Waals surface area contributed by atoms with Crippen molar-refractivity contribution in [2.45, 2.75) is 63.0 Å². The van der Waals surface area contributed by atoms with Crippen LogP contribution in [0.3, 0.4) is 0 Å². The molecule has 2 heterocycles. The Hall–Kier alpha value is -1.10. The highest BCUT2D eigenvalue weighted by Crippen LogP contribution is 2.36. The van der Waals surface area contributed by atoms with Gasteiger partial charge in [0.1, 0.15) is 5.54 Å². The lowest BCUT2D eigenvalue weighted by Crippen LogP contribution is -2.69. The van der Waals surface area contributed by atoms with Gasteiger partial charge in [-0.05, 0) is 32.1 Å². The van der Waals surface area contributed by atoms with Crippen LogP contribution in [0, 0.1) is 0 Å². The Morgan fingerprint density at radius 1 is 1.15 bits per heavy atom. The van der Waals surface area contributed by atoms with E-state index in [1.165, 1.54) is 0 Å². The summed E-state index contributed by atoms with van der Waals surface area (Å²) in [7, 11) is 0. The molecule has 3 rings (SSSR count). The summed E-state index contributed by atoms with van der Waals surface area (Å²) in [6.07, 6.45) is 8.21. The van der Waals surface area contributed by atoms with Crippen LogP contribution >= 0.6 is 0 Å². The SMILES string of the molecule is O=C1CNC(=O)C2(CCCCC2)N1CC1CCCCO1. The summed E-state index contributed by atoms with van der Waals surface area (Å²) in [6.45, 7) is 1.52. The number of piperazine rings is 1. The van der Waals surface area contributed by atoms with Crippen molar-refractivity contribution in [3.8, 4) is 0 Å². The molecule has 3 aliphatic rings. The highest BCUT2D eigenvalue weighted by atomic mass is 16.5. The fraction of sp³-hybridized carbons (Fsp3) is 0.867. The summed E-state index contributed by atoms with van der Waals surface area (Å²) in [6, 6.07) is 0. The standard InChI is InChI=1S/C15H24N2O3/c18-13-10-16-14(19)15(7-3-1-4-8-15)17(13)11-12-6-2-5-9-20-12/h12H,1-11H2,(H,16,19). The van der Waals surface area contributed by atoms with Crippen molar-refractivity contribution >= 4 is 11.8 Å². The van der Waals surface area contributed by atoms with E-state index in [1.807, 2.05) is 4.90 Å². The molecule has 0 bridgehead atoms. The molecule has 5 heteroatoms. The van der Waals surface area contributed by atoms with Crippen LogP contribution in [-0.4, -0.2) is 48.1 Å². The third kappa shape index (κ3) is 2.43. The summed E-state index contributed by atoms with van der Waals surface area (Å²) in [4.78, 5) is 26.6. The van der Waals surface area contributed by atoms with Gasteiger partial charge >= 0.3 is 0 Å². The van der Waals surface area contributed by atoms with Crippen molar-refractivity contribution in [1.29, 1.82) is 0 Å². The number of amides is 2. The maximum atomic E-state index is 12.4. The van der Waals surface area contributed by atoms with Crippen LogP contribution in [0.25, 0.3) is 0 Å². The van der Waals surface area contributed by atoms with Crippen LogP contribution in [-0.2, 0) is 14.3 Å². The van der Waals surface area contributed by atoms with Crippen LogP contribution in [0.5, 0.6) is 0 Å². The van der Waals surface area contributed by atoms with E-state index in [9.17, 15) is 9.59 Å². The summed E-state index contributed by atoms with van der Waals surface area (Å²) in [5, 5.41) is 2.79. The fourth-order valence-electron chi connectivity index (χ4n) is 3.84. The quantitative estimate of drug-likeness (QED) is 0.827. The van der Waals surface area contributed by atoms with Crippen molar-refractivity contribution in [2.24, 2.45) is 0 Å². The summed E-state index contributed by atoms with van der Waals surface area (Å²) < 4.78 is 5.77. The maximum absolute atomic E-state index is 12.4. The summed E-state index contributed by atoms with van der Waals surface area (Å²) in [5.41, 5.74) is -0.589. The number of ether oxygens (including phenoxy) is 1. The zero-order valence-corrected chi connectivity index (χ0v) is 12.0. The van der Waals surface area contributed by atoms with Gasteiger partial charge in [0.05, 0.1) is 12.6 Å². The monoisotopic (exact) mass is 280 g/mol. The third-order valence-corrected chi connectivity index (χ3v) is 4.98. The molecule has 112 valence electrons. The van der Waals surface area contributed by atoms with E-state index in [2.05, 4.69) is 5.32 Å². The second-order valence-electron chi connectivity index (χ2n) is 6.27. The zero-order chi connectivity index (χ0) is 14.0. The molecule has 20 heavy (non-hydrogen) atoms. The normalized spacial score (nSPS) is 30.4. The van der Waals surface area contributed by atoms with Gasteiger partial charge in [0.2, 0.25) is 11.8 Å². The Labute approximate surface area is 120 Å². The molecule has 0 aromatic heterocycles. The number of hydrogen-bond donors (Lipinski definition) is 1. The Bertz CT molecular complexity index is 385. The van der Waals surface area contributed by atoms with Gasteiger partial charge in [-0.1, -0.05) is 19.3 Å². The van der Waals surface area contributed by atoms with Crippen molar-refractivity contribution in [1.82, 2.24) is 10.2 Å². The predicted molar refractivity (Wildman–Crippen MR) is 74.1 cm³/mol. The first-order valence-electron chi connectivity index (χ1n) is 7.93. The summed E-state index contributed by atoms with van der Waals surface area (Å²) in [5.74, 6) is 0.105. The highest BCUT2D eigenvalue weighted by Gasteiger charge is 2.50. The minimum Gasteiger partial charge on any atom is -0.376 e. The summed E-state index contributed by atoms with van der Waals surface area (Å²) >= 11 is 0. The van der Waals surface area contributed by atoms with Crippen molar-refractivity contribution in [2.75, 3.05) is 19.7 Å². The number of rotatable bonds is 2. The lowest BCUT2D eigenvalue weighted by atomic mass is 9.78. The first-order valence-corrected chi connectivity index (χ1v) is 7.93. The molecule has 2 saturated heterocycles. The zero-order valence-electron chi connectivity index (χ0n) is 12.0. The van der Waals surface area contributed by atoms with Crippen molar-refractivity contribution in [3.05, 3.63) is 0 Å². The predicted octanol–water partition coefficient (Wildman–Crippen LogP) is 1.22. The van der Waals surface area contributed by atoms with Gasteiger partial charge in [-0.15, -0.1) is 0 Å². The minimum absolute atomic E-state index is 0.0487. The molecular weight excluding hydrogens is 256 g/mol. The van der Waals surface area contributed by atoms with Crippen LogP contribution in [0.2, 0.25) is 0 Å².